The molecular formula is C39H62N2O4. The predicted molar refractivity (Wildman–Crippen MR) is 191 cm³/mol. The first-order valence-electron chi connectivity index (χ1n) is 18.3. The molecule has 2 unspecified atom stereocenters. The minimum absolute atomic E-state index is 0.0484. The van der Waals surface area contributed by atoms with E-state index in [4.69, 9.17) is 13.9 Å². The number of hydrogen-bond donors (Lipinski definition) is 0. The number of rotatable bonds is 24. The summed E-state index contributed by atoms with van der Waals surface area (Å²) in [7, 11) is 0. The molecule has 6 nitrogen and oxygen atoms in total. The average molecular weight is 623 g/mol. The van der Waals surface area contributed by atoms with Crippen molar-refractivity contribution in [1.29, 1.82) is 0 Å². The van der Waals surface area contributed by atoms with Gasteiger partial charge in [0, 0.05) is 0 Å². The maximum absolute atomic E-state index is 13.9. The van der Waals surface area contributed by atoms with Gasteiger partial charge in [0.25, 0.3) is 0 Å². The molecular weight excluding hydrogens is 560 g/mol. The van der Waals surface area contributed by atoms with E-state index in [1.54, 1.807) is 0 Å². The average Bonchev–Trinajstić information content (AvgIpc) is 3.05. The Balaban J connectivity index is 1.92. The van der Waals surface area contributed by atoms with Gasteiger partial charge in [0.15, 0.2) is 35.1 Å². The molecule has 1 aromatic heterocycles. The van der Waals surface area contributed by atoms with Gasteiger partial charge in [-0.1, -0.05) is 118 Å². The minimum Gasteiger partial charge on any atom is -0.471 e. The van der Waals surface area contributed by atoms with Crippen LogP contribution in [-0.4, -0.2) is 48.4 Å². The van der Waals surface area contributed by atoms with E-state index in [0.29, 0.717) is 33.4 Å². The first-order chi connectivity index (χ1) is 22.0. The second-order valence-corrected chi connectivity index (χ2v) is 12.4. The van der Waals surface area contributed by atoms with Gasteiger partial charge in [-0.3, -0.25) is 14.6 Å². The number of hydrogen-bond acceptors (Lipinski definition) is 6. The maximum atomic E-state index is 13.9. The van der Waals surface area contributed by atoms with Crippen LogP contribution in [-0.2, 0) is 0 Å². The fourth-order valence-corrected chi connectivity index (χ4v) is 6.42. The van der Waals surface area contributed by atoms with E-state index < -0.39 is 0 Å². The SMILES string of the molecule is CCCCCCCCC(Oc1cccc2c(=O)c3cccc(OC(CCCCCCCC)N(CC)CC)c3oc12)N(CC)CC. The van der Waals surface area contributed by atoms with Crippen molar-refractivity contribution in [1.82, 2.24) is 9.80 Å². The van der Waals surface area contributed by atoms with E-state index in [1.165, 1.54) is 64.2 Å². The number of unbranched alkanes of at least 4 members (excludes halogenated alkanes) is 10. The second-order valence-electron chi connectivity index (χ2n) is 12.4. The van der Waals surface area contributed by atoms with Crippen LogP contribution in [0.5, 0.6) is 11.5 Å². The third-order valence-electron chi connectivity index (χ3n) is 9.23. The summed E-state index contributed by atoms with van der Waals surface area (Å²) < 4.78 is 20.1. The van der Waals surface area contributed by atoms with Crippen LogP contribution in [0.1, 0.15) is 131 Å². The number of fused-ring (bicyclic) bond motifs is 2. The molecule has 2 atom stereocenters. The van der Waals surface area contributed by atoms with E-state index in [2.05, 4.69) is 51.3 Å². The molecule has 1 heterocycles. The van der Waals surface area contributed by atoms with Crippen LogP contribution in [0.15, 0.2) is 45.6 Å². The van der Waals surface area contributed by atoms with E-state index in [0.717, 1.165) is 51.9 Å². The second kappa shape index (κ2) is 20.5. The molecule has 0 saturated heterocycles. The largest absolute Gasteiger partial charge is 0.471 e. The van der Waals surface area contributed by atoms with Gasteiger partial charge in [-0.15, -0.1) is 0 Å². The normalized spacial score (nSPS) is 13.2. The number of nitrogens with zero attached hydrogens (tertiary/aromatic N) is 2. The highest BCUT2D eigenvalue weighted by atomic mass is 16.5. The first kappa shape index (κ1) is 36.9. The fourth-order valence-electron chi connectivity index (χ4n) is 6.42. The quantitative estimate of drug-likeness (QED) is 0.0563. The lowest BCUT2D eigenvalue weighted by Crippen LogP contribution is -2.39. The van der Waals surface area contributed by atoms with Crippen molar-refractivity contribution in [3.8, 4) is 11.5 Å². The highest BCUT2D eigenvalue weighted by molar-refractivity contribution is 5.94. The standard InChI is InChI=1S/C39H62N2O4/c1-7-13-15-17-19-21-29-35(40(9-3)10-4)43-33-27-23-25-31-37(42)32-26-24-28-34(39(32)45-38(31)33)44-36(41(11-5)12-6)30-22-20-18-16-14-8-2/h23-28,35-36H,7-22,29-30H2,1-6H3. The Labute approximate surface area is 273 Å². The third-order valence-corrected chi connectivity index (χ3v) is 9.23. The zero-order valence-electron chi connectivity index (χ0n) is 29.4. The van der Waals surface area contributed by atoms with E-state index >= 15 is 0 Å². The molecule has 0 aliphatic carbocycles. The van der Waals surface area contributed by atoms with Gasteiger partial charge in [-0.25, -0.2) is 0 Å². The Kier molecular flexibility index (Phi) is 16.8. The molecule has 3 aromatic rings. The van der Waals surface area contributed by atoms with Crippen LogP contribution in [0, 0.1) is 0 Å². The molecule has 0 bridgehead atoms. The predicted octanol–water partition coefficient (Wildman–Crippen LogP) is 10.5. The Morgan fingerprint density at radius 3 is 1.31 bits per heavy atom. The molecule has 0 aliphatic rings. The first-order valence-corrected chi connectivity index (χ1v) is 18.3. The lowest BCUT2D eigenvalue weighted by molar-refractivity contribution is 0.0237. The molecule has 0 fully saturated rings. The monoisotopic (exact) mass is 622 g/mol. The van der Waals surface area contributed by atoms with Crippen LogP contribution in [0.4, 0.5) is 0 Å². The van der Waals surface area contributed by atoms with Gasteiger partial charge in [-0.05, 0) is 76.1 Å². The summed E-state index contributed by atoms with van der Waals surface area (Å²) in [4.78, 5) is 18.6. The van der Waals surface area contributed by atoms with Crippen molar-refractivity contribution in [2.24, 2.45) is 0 Å². The van der Waals surface area contributed by atoms with E-state index in [-0.39, 0.29) is 17.9 Å². The van der Waals surface area contributed by atoms with Crippen molar-refractivity contribution in [2.75, 3.05) is 26.2 Å². The van der Waals surface area contributed by atoms with Crippen LogP contribution in [0.2, 0.25) is 0 Å². The van der Waals surface area contributed by atoms with Crippen molar-refractivity contribution in [2.45, 2.75) is 144 Å². The van der Waals surface area contributed by atoms with E-state index in [9.17, 15) is 4.79 Å². The topological polar surface area (TPSA) is 55.2 Å². The molecule has 0 N–H and O–H groups in total. The molecule has 252 valence electrons. The van der Waals surface area contributed by atoms with E-state index in [1.807, 2.05) is 36.4 Å². The maximum Gasteiger partial charge on any atom is 0.200 e. The molecule has 0 spiro atoms. The van der Waals surface area contributed by atoms with Crippen LogP contribution >= 0.6 is 0 Å². The van der Waals surface area contributed by atoms with Crippen LogP contribution in [0.25, 0.3) is 21.9 Å². The molecule has 6 heteroatoms. The smallest absolute Gasteiger partial charge is 0.200 e. The van der Waals surface area contributed by atoms with Crippen LogP contribution < -0.4 is 14.9 Å². The van der Waals surface area contributed by atoms with Crippen molar-refractivity contribution >= 4 is 21.9 Å². The fraction of sp³-hybridized carbons (Fsp3) is 0.667. The van der Waals surface area contributed by atoms with Gasteiger partial charge >= 0.3 is 0 Å². The molecule has 2 aromatic carbocycles. The van der Waals surface area contributed by atoms with Gasteiger partial charge in [0.2, 0.25) is 5.43 Å². The summed E-state index contributed by atoms with van der Waals surface area (Å²) in [5.41, 5.74) is 0.954. The zero-order chi connectivity index (χ0) is 32.4. The Hall–Kier alpha value is -2.57. The lowest BCUT2D eigenvalue weighted by Gasteiger charge is -2.31. The van der Waals surface area contributed by atoms with Crippen molar-refractivity contribution in [3.63, 3.8) is 0 Å². The van der Waals surface area contributed by atoms with Gasteiger partial charge < -0.3 is 13.9 Å². The minimum atomic E-state index is -0.0753. The third kappa shape index (κ3) is 10.7. The zero-order valence-corrected chi connectivity index (χ0v) is 29.4. The van der Waals surface area contributed by atoms with Gasteiger partial charge in [0.1, 0.15) is 0 Å². The summed E-state index contributed by atoms with van der Waals surface area (Å²) in [6.07, 6.45) is 16.7. The Bertz CT molecular complexity index is 1200. The summed E-state index contributed by atoms with van der Waals surface area (Å²) >= 11 is 0. The molecule has 0 aliphatic heterocycles. The van der Waals surface area contributed by atoms with Gasteiger partial charge in [0.05, 0.1) is 10.8 Å². The molecule has 3 rings (SSSR count). The summed E-state index contributed by atoms with van der Waals surface area (Å²) in [5.74, 6) is 1.24. The van der Waals surface area contributed by atoms with Crippen molar-refractivity contribution < 1.29 is 13.9 Å². The van der Waals surface area contributed by atoms with Crippen molar-refractivity contribution in [3.05, 3.63) is 46.6 Å². The molecule has 0 amide bonds. The highest BCUT2D eigenvalue weighted by Crippen LogP contribution is 2.34. The number of ether oxygens (including phenoxy) is 2. The Morgan fingerprint density at radius 2 is 0.933 bits per heavy atom. The summed E-state index contributed by atoms with van der Waals surface area (Å²) in [6.45, 7) is 16.8. The summed E-state index contributed by atoms with van der Waals surface area (Å²) in [5, 5.41) is 1.09. The number of benzene rings is 2. The van der Waals surface area contributed by atoms with Gasteiger partial charge in [-0.2, -0.15) is 0 Å². The van der Waals surface area contributed by atoms with Crippen LogP contribution in [0.3, 0.4) is 0 Å². The molecule has 45 heavy (non-hydrogen) atoms. The molecule has 0 radical (unpaired) electrons. The number of para-hydroxylation sites is 2. The Morgan fingerprint density at radius 1 is 0.556 bits per heavy atom. The molecule has 0 saturated carbocycles. The highest BCUT2D eigenvalue weighted by Gasteiger charge is 2.23. The summed E-state index contributed by atoms with van der Waals surface area (Å²) in [6, 6.07) is 11.4. The lowest BCUT2D eigenvalue weighted by atomic mass is 10.1.